The molecule has 2 aromatic rings. The minimum Gasteiger partial charge on any atom is -0.292 e. The van der Waals surface area contributed by atoms with E-state index in [1.54, 1.807) is 0 Å². The predicted molar refractivity (Wildman–Crippen MR) is 109 cm³/mol. The smallest absolute Gasteiger partial charge is 0.251 e. The van der Waals surface area contributed by atoms with Crippen LogP contribution in [0.25, 0.3) is 0 Å². The van der Waals surface area contributed by atoms with Crippen LogP contribution in [-0.4, -0.2) is 35.8 Å². The first-order valence-electron chi connectivity index (χ1n) is 9.52. The van der Waals surface area contributed by atoms with Crippen LogP contribution in [0.5, 0.6) is 0 Å². The highest BCUT2D eigenvalue weighted by atomic mass is 79.9. The number of nitrogens with zero attached hydrogens (tertiary/aromatic N) is 2. The Bertz CT molecular complexity index is 831. The van der Waals surface area contributed by atoms with Crippen molar-refractivity contribution in [2.24, 2.45) is 5.92 Å². The lowest BCUT2D eigenvalue weighted by atomic mass is 9.89. The van der Waals surface area contributed by atoms with Crippen LogP contribution >= 0.6 is 15.9 Å². The average Bonchev–Trinajstić information content (AvgIpc) is 2.97. The lowest BCUT2D eigenvalue weighted by Crippen LogP contribution is -2.46. The molecule has 2 aromatic carbocycles. The van der Waals surface area contributed by atoms with Crippen molar-refractivity contribution >= 4 is 33.4 Å². The molecule has 2 fully saturated rings. The van der Waals surface area contributed by atoms with Gasteiger partial charge in [0, 0.05) is 4.47 Å². The van der Waals surface area contributed by atoms with E-state index in [4.69, 9.17) is 0 Å². The van der Waals surface area contributed by atoms with E-state index in [-0.39, 0.29) is 24.3 Å². The number of likely N-dealkylation sites (tertiary alicyclic amines) is 1. The van der Waals surface area contributed by atoms with E-state index in [1.807, 2.05) is 30.3 Å². The summed E-state index contributed by atoms with van der Waals surface area (Å²) in [5, 5.41) is 0. The molecule has 5 heteroatoms. The average molecular weight is 427 g/mol. The summed E-state index contributed by atoms with van der Waals surface area (Å²) in [6.45, 7) is 1.76. The lowest BCUT2D eigenvalue weighted by molar-refractivity contribution is -0.123. The maximum atomic E-state index is 12.9. The minimum atomic E-state index is -0.311. The third kappa shape index (κ3) is 3.99. The zero-order valence-electron chi connectivity index (χ0n) is 15.2. The zero-order valence-corrected chi connectivity index (χ0v) is 16.8. The van der Waals surface area contributed by atoms with Crippen LogP contribution in [0.1, 0.15) is 24.8 Å². The molecule has 140 valence electrons. The van der Waals surface area contributed by atoms with Crippen LogP contribution in [-0.2, 0) is 16.0 Å². The number of benzene rings is 2. The van der Waals surface area contributed by atoms with Crippen molar-refractivity contribution in [3.63, 3.8) is 0 Å². The molecule has 2 aliphatic rings. The van der Waals surface area contributed by atoms with Crippen LogP contribution in [0.2, 0.25) is 0 Å². The highest BCUT2D eigenvalue weighted by Gasteiger charge is 2.43. The fraction of sp³-hybridized carbons (Fsp3) is 0.364. The molecule has 0 unspecified atom stereocenters. The first-order valence-corrected chi connectivity index (χ1v) is 10.3. The first kappa shape index (κ1) is 18.4. The van der Waals surface area contributed by atoms with E-state index in [9.17, 15) is 9.59 Å². The Morgan fingerprint density at radius 2 is 1.70 bits per heavy atom. The SMILES string of the molecule is O=C1C[C@H](N2CCC(Cc3ccccc3)CC2)C(=O)N1c1cccc(Br)c1. The molecule has 0 saturated carbocycles. The maximum Gasteiger partial charge on any atom is 0.251 e. The Balaban J connectivity index is 1.39. The van der Waals surface area contributed by atoms with Gasteiger partial charge in [0.1, 0.15) is 0 Å². The summed E-state index contributed by atoms with van der Waals surface area (Å²) in [5.41, 5.74) is 2.03. The second-order valence-electron chi connectivity index (χ2n) is 7.44. The molecular weight excluding hydrogens is 404 g/mol. The molecule has 2 amide bonds. The zero-order chi connectivity index (χ0) is 18.8. The number of halogens is 1. The summed E-state index contributed by atoms with van der Waals surface area (Å²) >= 11 is 3.41. The number of amides is 2. The Labute approximate surface area is 168 Å². The molecule has 0 aromatic heterocycles. The van der Waals surface area contributed by atoms with Crippen molar-refractivity contribution in [2.45, 2.75) is 31.7 Å². The Hall–Kier alpha value is -1.98. The number of hydrogen-bond acceptors (Lipinski definition) is 3. The molecular formula is C22H23BrN2O2. The van der Waals surface area contributed by atoms with Crippen molar-refractivity contribution < 1.29 is 9.59 Å². The fourth-order valence-corrected chi connectivity index (χ4v) is 4.59. The van der Waals surface area contributed by atoms with Gasteiger partial charge in [-0.15, -0.1) is 0 Å². The standard InChI is InChI=1S/C22H23BrN2O2/c23-18-7-4-8-19(14-18)25-21(26)15-20(22(25)27)24-11-9-17(10-12-24)13-16-5-2-1-3-6-16/h1-8,14,17,20H,9-13,15H2/t20-/m0/s1. The van der Waals surface area contributed by atoms with Crippen molar-refractivity contribution in [1.29, 1.82) is 0 Å². The second-order valence-corrected chi connectivity index (χ2v) is 8.35. The summed E-state index contributed by atoms with van der Waals surface area (Å²) in [7, 11) is 0. The van der Waals surface area contributed by atoms with Crippen LogP contribution in [0, 0.1) is 5.92 Å². The van der Waals surface area contributed by atoms with Gasteiger partial charge < -0.3 is 0 Å². The van der Waals surface area contributed by atoms with Gasteiger partial charge in [-0.1, -0.05) is 52.3 Å². The van der Waals surface area contributed by atoms with Crippen molar-refractivity contribution in [2.75, 3.05) is 18.0 Å². The predicted octanol–water partition coefficient (Wildman–Crippen LogP) is 4.04. The molecule has 2 heterocycles. The molecule has 0 radical (unpaired) electrons. The van der Waals surface area contributed by atoms with Gasteiger partial charge in [0.2, 0.25) is 5.91 Å². The summed E-state index contributed by atoms with van der Waals surface area (Å²) in [6, 6.07) is 17.7. The molecule has 0 N–H and O–H groups in total. The summed E-state index contributed by atoms with van der Waals surface area (Å²) in [6.07, 6.45) is 3.53. The van der Waals surface area contributed by atoms with Gasteiger partial charge in [-0.3, -0.25) is 14.5 Å². The molecule has 4 rings (SSSR count). The number of anilines is 1. The lowest BCUT2D eigenvalue weighted by Gasteiger charge is -2.34. The molecule has 2 aliphatic heterocycles. The van der Waals surface area contributed by atoms with Crippen molar-refractivity contribution in [3.8, 4) is 0 Å². The van der Waals surface area contributed by atoms with Crippen LogP contribution < -0.4 is 4.90 Å². The summed E-state index contributed by atoms with van der Waals surface area (Å²) < 4.78 is 0.866. The van der Waals surface area contributed by atoms with E-state index in [0.29, 0.717) is 11.6 Å². The fourth-order valence-electron chi connectivity index (χ4n) is 4.20. The monoisotopic (exact) mass is 426 g/mol. The number of rotatable bonds is 4. The highest BCUT2D eigenvalue weighted by molar-refractivity contribution is 9.10. The summed E-state index contributed by atoms with van der Waals surface area (Å²) in [4.78, 5) is 29.0. The van der Waals surface area contributed by atoms with Crippen LogP contribution in [0.4, 0.5) is 5.69 Å². The van der Waals surface area contributed by atoms with Gasteiger partial charge in [-0.2, -0.15) is 0 Å². The molecule has 27 heavy (non-hydrogen) atoms. The highest BCUT2D eigenvalue weighted by Crippen LogP contribution is 2.30. The van der Waals surface area contributed by atoms with E-state index in [0.717, 1.165) is 36.8 Å². The van der Waals surface area contributed by atoms with E-state index in [1.165, 1.54) is 10.5 Å². The molecule has 2 saturated heterocycles. The van der Waals surface area contributed by atoms with Crippen LogP contribution in [0.15, 0.2) is 59.1 Å². The molecule has 0 spiro atoms. The molecule has 0 bridgehead atoms. The van der Waals surface area contributed by atoms with E-state index in [2.05, 4.69) is 45.1 Å². The number of carbonyl (C=O) groups is 2. The van der Waals surface area contributed by atoms with Gasteiger partial charge in [0.25, 0.3) is 5.91 Å². The van der Waals surface area contributed by atoms with E-state index < -0.39 is 0 Å². The maximum absolute atomic E-state index is 12.9. The first-order chi connectivity index (χ1) is 13.1. The Kier molecular flexibility index (Phi) is 5.41. The van der Waals surface area contributed by atoms with Gasteiger partial charge in [-0.05, 0) is 62.0 Å². The topological polar surface area (TPSA) is 40.6 Å². The molecule has 0 aliphatic carbocycles. The quantitative estimate of drug-likeness (QED) is 0.692. The number of carbonyl (C=O) groups excluding carboxylic acids is 2. The van der Waals surface area contributed by atoms with Gasteiger partial charge in [-0.25, -0.2) is 4.90 Å². The van der Waals surface area contributed by atoms with Crippen molar-refractivity contribution in [1.82, 2.24) is 4.90 Å². The van der Waals surface area contributed by atoms with Gasteiger partial charge in [0.15, 0.2) is 0 Å². The third-order valence-corrected chi connectivity index (χ3v) is 6.14. The number of piperidine rings is 1. The third-order valence-electron chi connectivity index (χ3n) is 5.65. The largest absolute Gasteiger partial charge is 0.292 e. The van der Waals surface area contributed by atoms with Gasteiger partial charge in [0.05, 0.1) is 18.2 Å². The summed E-state index contributed by atoms with van der Waals surface area (Å²) in [5.74, 6) is 0.464. The number of imide groups is 1. The molecule has 1 atom stereocenters. The number of hydrogen-bond donors (Lipinski definition) is 0. The van der Waals surface area contributed by atoms with Crippen molar-refractivity contribution in [3.05, 3.63) is 64.6 Å². The second kappa shape index (κ2) is 7.95. The molecule has 4 nitrogen and oxygen atoms in total. The minimum absolute atomic E-state index is 0.0837. The Morgan fingerprint density at radius 3 is 2.41 bits per heavy atom. The van der Waals surface area contributed by atoms with E-state index >= 15 is 0 Å². The normalized spacial score (nSPS) is 21.8. The van der Waals surface area contributed by atoms with Gasteiger partial charge >= 0.3 is 0 Å². The Morgan fingerprint density at radius 1 is 0.963 bits per heavy atom. The van der Waals surface area contributed by atoms with Crippen LogP contribution in [0.3, 0.4) is 0 Å².